The van der Waals surface area contributed by atoms with Gasteiger partial charge in [0, 0.05) is 41.8 Å². The summed E-state index contributed by atoms with van der Waals surface area (Å²) >= 11 is 0. The molecule has 3 rings (SSSR count). The molecule has 3 aromatic rings. The quantitative estimate of drug-likeness (QED) is 0.517. The van der Waals surface area contributed by atoms with Gasteiger partial charge in [0.05, 0.1) is 10.6 Å². The normalized spacial score (nSPS) is 11.4. The molecule has 9 nitrogen and oxygen atoms in total. The number of aromatic nitrogens is 3. The zero-order valence-corrected chi connectivity index (χ0v) is 17.4. The summed E-state index contributed by atoms with van der Waals surface area (Å²) in [6.07, 6.45) is -0.318. The number of carbonyl (C=O) groups is 1. The zero-order valence-electron chi connectivity index (χ0n) is 16.5. The van der Waals surface area contributed by atoms with Gasteiger partial charge in [0.2, 0.25) is 16.0 Å². The molecular weight excluding hydrogens is 451 g/mol. The number of nitrogens with one attached hydrogen (secondary N) is 1. The van der Waals surface area contributed by atoms with Crippen LogP contribution in [0.1, 0.15) is 6.92 Å². The van der Waals surface area contributed by atoms with Crippen LogP contribution in [0.5, 0.6) is 0 Å². The highest BCUT2D eigenvalue weighted by molar-refractivity contribution is 7.89. The van der Waals surface area contributed by atoms with E-state index in [4.69, 9.17) is 15.6 Å². The number of nitrogens with zero attached hydrogens (tertiary/aromatic N) is 3. The van der Waals surface area contributed by atoms with Crippen LogP contribution in [0.4, 0.5) is 19.1 Å². The lowest BCUT2D eigenvalue weighted by atomic mass is 10.0. The lowest BCUT2D eigenvalue weighted by molar-refractivity contribution is -0.192. The van der Waals surface area contributed by atoms with Crippen molar-refractivity contribution in [2.45, 2.75) is 18.0 Å². The second kappa shape index (κ2) is 10.2. The molecule has 0 radical (unpaired) electrons. The Bertz CT molecular complexity index is 1190. The number of carboxylic acids is 1. The minimum absolute atomic E-state index is 0.163. The van der Waals surface area contributed by atoms with Crippen molar-refractivity contribution in [1.29, 1.82) is 0 Å². The number of nitrogen functional groups attached to an aromatic ring is 1. The highest BCUT2D eigenvalue weighted by Crippen LogP contribution is 2.33. The van der Waals surface area contributed by atoms with E-state index in [1.807, 2.05) is 6.07 Å². The Labute approximate surface area is 181 Å². The second-order valence-electron chi connectivity index (χ2n) is 6.03. The molecule has 0 saturated heterocycles. The first-order valence-electron chi connectivity index (χ1n) is 8.89. The number of sulfonamides is 1. The van der Waals surface area contributed by atoms with Crippen LogP contribution in [0.2, 0.25) is 0 Å². The van der Waals surface area contributed by atoms with Crippen LogP contribution < -0.4 is 10.5 Å². The van der Waals surface area contributed by atoms with E-state index in [0.717, 1.165) is 0 Å². The van der Waals surface area contributed by atoms with Crippen LogP contribution in [0, 0.1) is 0 Å². The number of hydrogen-bond donors (Lipinski definition) is 3. The van der Waals surface area contributed by atoms with Gasteiger partial charge in [-0.05, 0) is 12.1 Å². The Morgan fingerprint density at radius 3 is 2.19 bits per heavy atom. The van der Waals surface area contributed by atoms with Crippen molar-refractivity contribution in [3.8, 4) is 22.4 Å². The molecule has 0 aliphatic carbocycles. The average Bonchev–Trinajstić information content (AvgIpc) is 2.74. The van der Waals surface area contributed by atoms with Gasteiger partial charge in [-0.1, -0.05) is 31.2 Å². The van der Waals surface area contributed by atoms with Gasteiger partial charge in [-0.15, -0.1) is 0 Å². The molecule has 0 unspecified atom stereocenters. The summed E-state index contributed by atoms with van der Waals surface area (Å²) < 4.78 is 59.4. The van der Waals surface area contributed by atoms with Crippen molar-refractivity contribution < 1.29 is 31.5 Å². The van der Waals surface area contributed by atoms with Gasteiger partial charge in [-0.2, -0.15) is 13.2 Å². The summed E-state index contributed by atoms with van der Waals surface area (Å²) in [7, 11) is -3.62. The first kappa shape index (κ1) is 24.7. The number of rotatable bonds is 5. The Kier molecular flexibility index (Phi) is 7.83. The molecule has 0 spiro atoms. The van der Waals surface area contributed by atoms with E-state index in [1.165, 1.54) is 0 Å². The van der Waals surface area contributed by atoms with E-state index in [2.05, 4.69) is 19.7 Å². The maximum atomic E-state index is 12.5. The van der Waals surface area contributed by atoms with Crippen LogP contribution in [0.25, 0.3) is 22.4 Å². The van der Waals surface area contributed by atoms with Crippen molar-refractivity contribution in [2.75, 3.05) is 12.3 Å². The number of nitrogens with two attached hydrogens (primary N) is 1. The third-order valence-electron chi connectivity index (χ3n) is 3.80. The van der Waals surface area contributed by atoms with E-state index in [-0.39, 0.29) is 10.8 Å². The number of anilines is 1. The van der Waals surface area contributed by atoms with Crippen molar-refractivity contribution >= 4 is 21.9 Å². The molecule has 0 amide bonds. The zero-order chi connectivity index (χ0) is 23.9. The molecule has 0 aliphatic heterocycles. The molecule has 170 valence electrons. The predicted octanol–water partition coefficient (Wildman–Crippen LogP) is 2.72. The summed E-state index contributed by atoms with van der Waals surface area (Å²) in [5, 5.41) is 7.12. The third kappa shape index (κ3) is 6.21. The summed E-state index contributed by atoms with van der Waals surface area (Å²) in [5.74, 6) is -2.59. The maximum absolute atomic E-state index is 12.5. The highest BCUT2D eigenvalue weighted by Gasteiger charge is 2.38. The molecule has 13 heteroatoms. The predicted molar refractivity (Wildman–Crippen MR) is 110 cm³/mol. The van der Waals surface area contributed by atoms with Crippen LogP contribution in [-0.4, -0.2) is 47.2 Å². The largest absolute Gasteiger partial charge is 0.490 e. The monoisotopic (exact) mass is 469 g/mol. The number of carboxylic acid groups (broad SMARTS) is 1. The van der Waals surface area contributed by atoms with Crippen molar-refractivity contribution in [2.24, 2.45) is 0 Å². The van der Waals surface area contributed by atoms with Gasteiger partial charge in [0.25, 0.3) is 0 Å². The third-order valence-corrected chi connectivity index (χ3v) is 5.40. The summed E-state index contributed by atoms with van der Waals surface area (Å²) in [5.41, 5.74) is 8.01. The first-order chi connectivity index (χ1) is 15.0. The van der Waals surface area contributed by atoms with Crippen molar-refractivity contribution in [3.63, 3.8) is 0 Å². The van der Waals surface area contributed by atoms with Gasteiger partial charge in [0.15, 0.2) is 0 Å². The van der Waals surface area contributed by atoms with Crippen molar-refractivity contribution in [3.05, 3.63) is 55.0 Å². The standard InChI is InChI=1S/C17H17N5O2S.C2HF3O2/c1-2-22-25(23,24)15-8-4-3-6-13(15)14-7-5-9-19-16(14)12-10-20-17(18)21-11-12;3-2(4,5)1(6)7/h3-11,22H,2H2,1H3,(H2,18,20,21);(H,6,7). The molecule has 0 aliphatic rings. The number of halogens is 3. The number of alkyl halides is 3. The van der Waals surface area contributed by atoms with Crippen LogP contribution in [0.3, 0.4) is 0 Å². The van der Waals surface area contributed by atoms with Gasteiger partial charge in [-0.3, -0.25) is 4.98 Å². The first-order valence-corrected chi connectivity index (χ1v) is 10.4. The molecule has 2 aromatic heterocycles. The molecule has 0 atom stereocenters. The fourth-order valence-corrected chi connectivity index (χ4v) is 3.77. The molecular formula is C19H18F3N5O4S. The Balaban J connectivity index is 0.000000451. The van der Waals surface area contributed by atoms with Gasteiger partial charge >= 0.3 is 12.1 Å². The maximum Gasteiger partial charge on any atom is 0.490 e. The minimum atomic E-state index is -5.08. The van der Waals surface area contributed by atoms with Crippen molar-refractivity contribution in [1.82, 2.24) is 19.7 Å². The SMILES string of the molecule is CCNS(=O)(=O)c1ccccc1-c1cccnc1-c1cnc(N)nc1.O=C(O)C(F)(F)F. The number of hydrogen-bond acceptors (Lipinski definition) is 7. The van der Waals surface area contributed by atoms with Gasteiger partial charge < -0.3 is 10.8 Å². The average molecular weight is 469 g/mol. The molecule has 0 fully saturated rings. The van der Waals surface area contributed by atoms with Gasteiger partial charge in [0.1, 0.15) is 0 Å². The van der Waals surface area contributed by atoms with E-state index < -0.39 is 22.2 Å². The Hall–Kier alpha value is -3.58. The minimum Gasteiger partial charge on any atom is -0.475 e. The molecule has 0 bridgehead atoms. The summed E-state index contributed by atoms with van der Waals surface area (Å²) in [6, 6.07) is 10.4. The second-order valence-corrected chi connectivity index (χ2v) is 7.77. The highest BCUT2D eigenvalue weighted by atomic mass is 32.2. The summed E-state index contributed by atoms with van der Waals surface area (Å²) in [6.45, 7) is 2.05. The van der Waals surface area contributed by atoms with Crippen LogP contribution in [0.15, 0.2) is 59.9 Å². The van der Waals surface area contributed by atoms with E-state index in [9.17, 15) is 21.6 Å². The molecule has 32 heavy (non-hydrogen) atoms. The van der Waals surface area contributed by atoms with Crippen LogP contribution >= 0.6 is 0 Å². The van der Waals surface area contributed by atoms with E-state index >= 15 is 0 Å². The Morgan fingerprint density at radius 1 is 1.06 bits per heavy atom. The molecule has 2 heterocycles. The number of pyridine rings is 1. The van der Waals surface area contributed by atoms with E-state index in [1.54, 1.807) is 55.8 Å². The van der Waals surface area contributed by atoms with Gasteiger partial charge in [-0.25, -0.2) is 27.9 Å². The summed E-state index contributed by atoms with van der Waals surface area (Å²) in [4.78, 5) is 21.5. The van der Waals surface area contributed by atoms with Crippen LogP contribution in [-0.2, 0) is 14.8 Å². The number of aliphatic carboxylic acids is 1. The smallest absolute Gasteiger partial charge is 0.475 e. The molecule has 4 N–H and O–H groups in total. The van der Waals surface area contributed by atoms with E-state index in [0.29, 0.717) is 28.9 Å². The molecule has 1 aromatic carbocycles. The number of benzene rings is 1. The fourth-order valence-electron chi connectivity index (χ4n) is 2.50. The lowest BCUT2D eigenvalue weighted by Crippen LogP contribution is -2.23. The molecule has 0 saturated carbocycles. The topological polar surface area (TPSA) is 148 Å². The Morgan fingerprint density at radius 2 is 1.62 bits per heavy atom. The lowest BCUT2D eigenvalue weighted by Gasteiger charge is -2.13. The fraction of sp³-hybridized carbons (Fsp3) is 0.158.